The molecule has 0 spiro atoms. The first-order chi connectivity index (χ1) is 7.04. The SMILES string of the molecule is CCCc1cc(C)c(OP(C)C)c(C)c1. The largest absolute Gasteiger partial charge is 0.474 e. The first kappa shape index (κ1) is 12.5. The van der Waals surface area contributed by atoms with E-state index >= 15 is 0 Å². The molecule has 0 aliphatic carbocycles. The van der Waals surface area contributed by atoms with Gasteiger partial charge < -0.3 is 4.52 Å². The van der Waals surface area contributed by atoms with Gasteiger partial charge in [0, 0.05) is 0 Å². The minimum atomic E-state index is -0.327. The Balaban J connectivity index is 2.98. The van der Waals surface area contributed by atoms with Crippen molar-refractivity contribution in [1.82, 2.24) is 0 Å². The van der Waals surface area contributed by atoms with Gasteiger partial charge in [0.15, 0.2) is 0 Å². The fraction of sp³-hybridized carbons (Fsp3) is 0.538. The van der Waals surface area contributed by atoms with Crippen molar-refractivity contribution in [3.63, 3.8) is 0 Å². The van der Waals surface area contributed by atoms with Crippen LogP contribution in [0.4, 0.5) is 0 Å². The molecule has 0 saturated heterocycles. The van der Waals surface area contributed by atoms with Crippen LogP contribution in [0.15, 0.2) is 12.1 Å². The van der Waals surface area contributed by atoms with Gasteiger partial charge in [-0.1, -0.05) is 25.5 Å². The molecule has 1 aromatic carbocycles. The molecule has 0 saturated carbocycles. The van der Waals surface area contributed by atoms with Gasteiger partial charge in [0.2, 0.25) is 0 Å². The molecule has 1 aromatic rings. The van der Waals surface area contributed by atoms with Crippen molar-refractivity contribution in [1.29, 1.82) is 0 Å². The van der Waals surface area contributed by atoms with E-state index in [-0.39, 0.29) is 8.15 Å². The highest BCUT2D eigenvalue weighted by molar-refractivity contribution is 7.51. The maximum atomic E-state index is 5.87. The lowest BCUT2D eigenvalue weighted by atomic mass is 10.0. The van der Waals surface area contributed by atoms with Crippen LogP contribution in [0.25, 0.3) is 0 Å². The van der Waals surface area contributed by atoms with Gasteiger partial charge in [-0.25, -0.2) is 0 Å². The molecule has 2 heteroatoms. The van der Waals surface area contributed by atoms with Crippen molar-refractivity contribution in [3.8, 4) is 5.75 Å². The molecular weight excluding hydrogens is 203 g/mol. The lowest BCUT2D eigenvalue weighted by Gasteiger charge is -2.16. The highest BCUT2D eigenvalue weighted by Gasteiger charge is 2.07. The molecule has 0 aliphatic rings. The predicted octanol–water partition coefficient (Wildman–Crippen LogP) is 4.29. The van der Waals surface area contributed by atoms with E-state index in [0.717, 1.165) is 12.2 Å². The van der Waals surface area contributed by atoms with E-state index in [1.807, 2.05) is 0 Å². The molecule has 1 rings (SSSR count). The van der Waals surface area contributed by atoms with E-state index in [0.29, 0.717) is 0 Å². The Hall–Kier alpha value is -0.550. The van der Waals surface area contributed by atoms with Crippen LogP contribution in [0.1, 0.15) is 30.0 Å². The average molecular weight is 224 g/mol. The van der Waals surface area contributed by atoms with E-state index in [1.165, 1.54) is 23.1 Å². The summed E-state index contributed by atoms with van der Waals surface area (Å²) >= 11 is 0. The van der Waals surface area contributed by atoms with Crippen LogP contribution in [0.5, 0.6) is 5.75 Å². The summed E-state index contributed by atoms with van der Waals surface area (Å²) in [7, 11) is -0.327. The monoisotopic (exact) mass is 224 g/mol. The van der Waals surface area contributed by atoms with E-state index in [1.54, 1.807) is 0 Å². The molecule has 84 valence electrons. The van der Waals surface area contributed by atoms with E-state index in [2.05, 4.69) is 46.2 Å². The molecule has 1 nitrogen and oxygen atoms in total. The molecule has 0 aromatic heterocycles. The summed E-state index contributed by atoms with van der Waals surface area (Å²) < 4.78 is 5.87. The van der Waals surface area contributed by atoms with Crippen molar-refractivity contribution < 1.29 is 4.52 Å². The van der Waals surface area contributed by atoms with Crippen LogP contribution in [0.3, 0.4) is 0 Å². The zero-order valence-electron chi connectivity index (χ0n) is 10.4. The molecule has 0 bridgehead atoms. The maximum absolute atomic E-state index is 5.87. The minimum Gasteiger partial charge on any atom is -0.474 e. The molecule has 0 atom stereocenters. The number of hydrogen-bond donors (Lipinski definition) is 0. The second kappa shape index (κ2) is 5.51. The Morgan fingerprint density at radius 2 is 1.67 bits per heavy atom. The van der Waals surface area contributed by atoms with Crippen molar-refractivity contribution in [2.24, 2.45) is 0 Å². The fourth-order valence-corrected chi connectivity index (χ4v) is 2.45. The third-order valence-electron chi connectivity index (χ3n) is 2.33. The topological polar surface area (TPSA) is 9.23 Å². The van der Waals surface area contributed by atoms with Gasteiger partial charge in [0.25, 0.3) is 0 Å². The van der Waals surface area contributed by atoms with Gasteiger partial charge in [0.05, 0.1) is 8.15 Å². The van der Waals surface area contributed by atoms with Gasteiger partial charge in [-0.05, 0) is 50.3 Å². The molecular formula is C13H21OP. The molecule has 0 radical (unpaired) electrons. The Morgan fingerprint density at radius 3 is 2.07 bits per heavy atom. The number of hydrogen-bond acceptors (Lipinski definition) is 1. The molecule has 0 fully saturated rings. The summed E-state index contributed by atoms with van der Waals surface area (Å²) in [6, 6.07) is 4.51. The van der Waals surface area contributed by atoms with Crippen molar-refractivity contribution in [2.75, 3.05) is 13.3 Å². The summed E-state index contributed by atoms with van der Waals surface area (Å²) in [5, 5.41) is 0. The molecule has 0 amide bonds. The first-order valence-electron chi connectivity index (χ1n) is 5.50. The van der Waals surface area contributed by atoms with Gasteiger partial charge in [-0.15, -0.1) is 0 Å². The smallest absolute Gasteiger partial charge is 0.129 e. The second-order valence-electron chi connectivity index (χ2n) is 4.21. The number of rotatable bonds is 4. The lowest BCUT2D eigenvalue weighted by Crippen LogP contribution is -1.94. The quantitative estimate of drug-likeness (QED) is 0.693. The first-order valence-corrected chi connectivity index (χ1v) is 7.65. The zero-order chi connectivity index (χ0) is 11.4. The minimum absolute atomic E-state index is 0.327. The van der Waals surface area contributed by atoms with Gasteiger partial charge in [0.1, 0.15) is 5.75 Å². The molecule has 0 unspecified atom stereocenters. The van der Waals surface area contributed by atoms with E-state index in [4.69, 9.17) is 4.52 Å². The average Bonchev–Trinajstić information content (AvgIpc) is 2.11. The summed E-state index contributed by atoms with van der Waals surface area (Å²) in [4.78, 5) is 0. The van der Waals surface area contributed by atoms with Crippen molar-refractivity contribution >= 4 is 8.15 Å². The number of benzene rings is 1. The van der Waals surface area contributed by atoms with Crippen LogP contribution in [0, 0.1) is 13.8 Å². The molecule has 0 N–H and O–H groups in total. The third kappa shape index (κ3) is 3.50. The Bertz CT molecular complexity index is 308. The standard InChI is InChI=1S/C13H21OP/c1-6-7-12-8-10(2)13(11(3)9-12)14-15(4)5/h8-9H,6-7H2,1-5H3. The van der Waals surface area contributed by atoms with Crippen LogP contribution in [-0.4, -0.2) is 13.3 Å². The summed E-state index contributed by atoms with van der Waals surface area (Å²) in [6.45, 7) is 10.8. The molecule has 15 heavy (non-hydrogen) atoms. The fourth-order valence-electron chi connectivity index (χ4n) is 1.80. The summed E-state index contributed by atoms with van der Waals surface area (Å²) in [5.41, 5.74) is 3.97. The Labute approximate surface area is 94.7 Å². The van der Waals surface area contributed by atoms with Crippen LogP contribution in [0.2, 0.25) is 0 Å². The van der Waals surface area contributed by atoms with E-state index in [9.17, 15) is 0 Å². The number of aryl methyl sites for hydroxylation is 3. The second-order valence-corrected chi connectivity index (χ2v) is 6.02. The maximum Gasteiger partial charge on any atom is 0.129 e. The summed E-state index contributed by atoms with van der Waals surface area (Å²) in [6.07, 6.45) is 2.36. The highest BCUT2D eigenvalue weighted by Crippen LogP contribution is 2.35. The van der Waals surface area contributed by atoms with Crippen LogP contribution in [-0.2, 0) is 6.42 Å². The zero-order valence-corrected chi connectivity index (χ0v) is 11.3. The van der Waals surface area contributed by atoms with E-state index < -0.39 is 0 Å². The Morgan fingerprint density at radius 1 is 1.13 bits per heavy atom. The van der Waals surface area contributed by atoms with Crippen LogP contribution >= 0.6 is 8.15 Å². The van der Waals surface area contributed by atoms with Gasteiger partial charge in [-0.3, -0.25) is 0 Å². The van der Waals surface area contributed by atoms with Crippen LogP contribution < -0.4 is 4.52 Å². The highest BCUT2D eigenvalue weighted by atomic mass is 31.1. The van der Waals surface area contributed by atoms with Crippen molar-refractivity contribution in [3.05, 3.63) is 28.8 Å². The lowest BCUT2D eigenvalue weighted by molar-refractivity contribution is 0.610. The molecule has 0 heterocycles. The third-order valence-corrected chi connectivity index (χ3v) is 2.88. The Kier molecular flexibility index (Phi) is 4.60. The van der Waals surface area contributed by atoms with Gasteiger partial charge >= 0.3 is 0 Å². The summed E-state index contributed by atoms with van der Waals surface area (Å²) in [5.74, 6) is 1.09. The molecule has 0 aliphatic heterocycles. The predicted molar refractivity (Wildman–Crippen MR) is 69.3 cm³/mol. The van der Waals surface area contributed by atoms with Crippen molar-refractivity contribution in [2.45, 2.75) is 33.6 Å². The van der Waals surface area contributed by atoms with Gasteiger partial charge in [-0.2, -0.15) is 0 Å². The normalized spacial score (nSPS) is 10.8.